The first-order chi connectivity index (χ1) is 8.31. The lowest BCUT2D eigenvalue weighted by atomic mass is 10.1. The number of rotatable bonds is 5. The van der Waals surface area contributed by atoms with Gasteiger partial charge >= 0.3 is 5.69 Å². The normalized spacial score (nSPS) is 12.8. The molecule has 1 aromatic rings. The second kappa shape index (κ2) is 5.34. The van der Waals surface area contributed by atoms with Gasteiger partial charge < -0.3 is 10.0 Å². The highest BCUT2D eigenvalue weighted by Crippen LogP contribution is 2.35. The van der Waals surface area contributed by atoms with E-state index in [1.807, 2.05) is 13.8 Å². The number of aromatic nitrogens is 2. The first kappa shape index (κ1) is 14.4. The molecule has 1 heterocycles. The lowest BCUT2D eigenvalue weighted by molar-refractivity contribution is -0.385. The van der Waals surface area contributed by atoms with Crippen molar-refractivity contribution in [1.82, 2.24) is 9.78 Å². The third-order valence-corrected chi connectivity index (χ3v) is 3.01. The average molecular weight is 256 g/mol. The van der Waals surface area contributed by atoms with Crippen LogP contribution in [0.2, 0.25) is 0 Å². The zero-order valence-corrected chi connectivity index (χ0v) is 11.4. The third-order valence-electron chi connectivity index (χ3n) is 3.01. The van der Waals surface area contributed by atoms with Gasteiger partial charge in [-0.1, -0.05) is 13.8 Å². The van der Waals surface area contributed by atoms with Gasteiger partial charge in [0.25, 0.3) is 0 Å². The zero-order valence-electron chi connectivity index (χ0n) is 11.4. The third kappa shape index (κ3) is 2.45. The zero-order chi connectivity index (χ0) is 14.0. The van der Waals surface area contributed by atoms with E-state index in [1.54, 1.807) is 25.9 Å². The molecular formula is C11H20N4O3. The Labute approximate surface area is 106 Å². The number of aryl methyl sites for hydroxylation is 1. The fourth-order valence-corrected chi connectivity index (χ4v) is 1.81. The number of nitro groups is 1. The molecule has 1 unspecified atom stereocenters. The van der Waals surface area contributed by atoms with E-state index in [0.717, 1.165) is 0 Å². The smallest absolute Gasteiger partial charge is 0.334 e. The molecule has 18 heavy (non-hydrogen) atoms. The van der Waals surface area contributed by atoms with Crippen LogP contribution in [0.25, 0.3) is 0 Å². The molecule has 0 radical (unpaired) electrons. The van der Waals surface area contributed by atoms with Crippen LogP contribution >= 0.6 is 0 Å². The minimum absolute atomic E-state index is 0.0234. The topological polar surface area (TPSA) is 84.4 Å². The van der Waals surface area contributed by atoms with Crippen molar-refractivity contribution in [2.45, 2.75) is 32.7 Å². The summed E-state index contributed by atoms with van der Waals surface area (Å²) in [6.07, 6.45) is 0. The van der Waals surface area contributed by atoms with Gasteiger partial charge in [0.05, 0.1) is 17.6 Å². The number of nitrogens with zero attached hydrogens (tertiary/aromatic N) is 4. The Bertz CT molecular complexity index is 442. The van der Waals surface area contributed by atoms with Crippen LogP contribution in [0.3, 0.4) is 0 Å². The van der Waals surface area contributed by atoms with Crippen molar-refractivity contribution in [2.24, 2.45) is 7.05 Å². The molecule has 0 fully saturated rings. The SMILES string of the molecule is CC(C)c1nn(C)c(N(C)C(C)CO)c1[N+](=O)[O-]. The molecule has 1 aromatic heterocycles. The number of hydrogen-bond donors (Lipinski definition) is 1. The second-order valence-corrected chi connectivity index (χ2v) is 4.74. The van der Waals surface area contributed by atoms with Gasteiger partial charge in [0.1, 0.15) is 5.69 Å². The van der Waals surface area contributed by atoms with Crippen molar-refractivity contribution in [3.05, 3.63) is 15.8 Å². The predicted octanol–water partition coefficient (Wildman–Crippen LogP) is 1.27. The van der Waals surface area contributed by atoms with E-state index in [4.69, 9.17) is 5.11 Å². The Morgan fingerprint density at radius 1 is 1.50 bits per heavy atom. The van der Waals surface area contributed by atoms with Gasteiger partial charge in [-0.05, 0) is 6.92 Å². The van der Waals surface area contributed by atoms with Crippen molar-refractivity contribution in [2.75, 3.05) is 18.6 Å². The molecule has 0 bridgehead atoms. The molecule has 0 aromatic carbocycles. The number of aliphatic hydroxyl groups is 1. The van der Waals surface area contributed by atoms with Crippen LogP contribution in [-0.2, 0) is 7.05 Å². The van der Waals surface area contributed by atoms with Crippen molar-refractivity contribution in [3.8, 4) is 0 Å². The van der Waals surface area contributed by atoms with E-state index in [2.05, 4.69) is 5.10 Å². The molecule has 1 atom stereocenters. The van der Waals surface area contributed by atoms with E-state index >= 15 is 0 Å². The largest absolute Gasteiger partial charge is 0.394 e. The maximum atomic E-state index is 11.2. The second-order valence-electron chi connectivity index (χ2n) is 4.74. The van der Waals surface area contributed by atoms with Crippen LogP contribution in [0.1, 0.15) is 32.4 Å². The van der Waals surface area contributed by atoms with E-state index in [-0.39, 0.29) is 24.3 Å². The van der Waals surface area contributed by atoms with Crippen LogP contribution in [0.15, 0.2) is 0 Å². The number of aliphatic hydroxyl groups excluding tert-OH is 1. The Kier molecular flexibility index (Phi) is 4.28. The van der Waals surface area contributed by atoms with E-state index in [0.29, 0.717) is 11.5 Å². The van der Waals surface area contributed by atoms with Gasteiger partial charge in [-0.2, -0.15) is 5.10 Å². The standard InChI is InChI=1S/C11H20N4O3/c1-7(2)9-10(15(17)18)11(14(5)12-9)13(4)8(3)6-16/h7-8,16H,6H2,1-5H3. The fraction of sp³-hybridized carbons (Fsp3) is 0.727. The molecule has 1 rings (SSSR count). The molecule has 1 N–H and O–H groups in total. The van der Waals surface area contributed by atoms with Gasteiger partial charge in [-0.15, -0.1) is 0 Å². The maximum absolute atomic E-state index is 11.2. The first-order valence-electron chi connectivity index (χ1n) is 5.86. The fourth-order valence-electron chi connectivity index (χ4n) is 1.81. The van der Waals surface area contributed by atoms with Gasteiger partial charge in [-0.25, -0.2) is 4.68 Å². The predicted molar refractivity (Wildman–Crippen MR) is 68.9 cm³/mol. The Balaban J connectivity index is 3.38. The Hall–Kier alpha value is -1.63. The molecular weight excluding hydrogens is 236 g/mol. The minimum Gasteiger partial charge on any atom is -0.394 e. The van der Waals surface area contributed by atoms with Gasteiger partial charge in [-0.3, -0.25) is 10.1 Å². The van der Waals surface area contributed by atoms with Crippen molar-refractivity contribution >= 4 is 11.5 Å². The summed E-state index contributed by atoms with van der Waals surface area (Å²) in [7, 11) is 3.39. The lowest BCUT2D eigenvalue weighted by Crippen LogP contribution is -2.33. The van der Waals surface area contributed by atoms with Crippen molar-refractivity contribution in [3.63, 3.8) is 0 Å². The van der Waals surface area contributed by atoms with Crippen LogP contribution in [0.4, 0.5) is 11.5 Å². The average Bonchev–Trinajstić information content (AvgIpc) is 2.65. The highest BCUT2D eigenvalue weighted by atomic mass is 16.6. The summed E-state index contributed by atoms with van der Waals surface area (Å²) < 4.78 is 1.50. The molecule has 0 saturated carbocycles. The van der Waals surface area contributed by atoms with Crippen molar-refractivity contribution < 1.29 is 10.0 Å². The van der Waals surface area contributed by atoms with Crippen molar-refractivity contribution in [1.29, 1.82) is 0 Å². The number of likely N-dealkylation sites (N-methyl/N-ethyl adjacent to an activating group) is 1. The van der Waals surface area contributed by atoms with Crippen LogP contribution < -0.4 is 4.90 Å². The molecule has 0 spiro atoms. The highest BCUT2D eigenvalue weighted by molar-refractivity contribution is 5.62. The molecule has 102 valence electrons. The monoisotopic (exact) mass is 256 g/mol. The molecule has 7 nitrogen and oxygen atoms in total. The van der Waals surface area contributed by atoms with Crippen LogP contribution in [0, 0.1) is 10.1 Å². The number of anilines is 1. The van der Waals surface area contributed by atoms with E-state index in [9.17, 15) is 10.1 Å². The minimum atomic E-state index is -0.405. The van der Waals surface area contributed by atoms with Gasteiger partial charge in [0, 0.05) is 20.0 Å². The Morgan fingerprint density at radius 2 is 2.06 bits per heavy atom. The Morgan fingerprint density at radius 3 is 2.44 bits per heavy atom. The quantitative estimate of drug-likeness (QED) is 0.633. The maximum Gasteiger partial charge on any atom is 0.334 e. The summed E-state index contributed by atoms with van der Waals surface area (Å²) in [5, 5.41) is 24.6. The van der Waals surface area contributed by atoms with Crippen LogP contribution in [-0.4, -0.2) is 39.5 Å². The highest BCUT2D eigenvalue weighted by Gasteiger charge is 2.31. The summed E-state index contributed by atoms with van der Waals surface area (Å²) in [4.78, 5) is 12.5. The lowest BCUT2D eigenvalue weighted by Gasteiger charge is -2.24. The molecule has 0 aliphatic heterocycles. The molecule has 0 amide bonds. The summed E-state index contributed by atoms with van der Waals surface area (Å²) in [5.74, 6) is 0.397. The summed E-state index contributed by atoms with van der Waals surface area (Å²) >= 11 is 0. The number of hydrogen-bond acceptors (Lipinski definition) is 5. The molecule has 0 saturated heterocycles. The molecule has 0 aliphatic rings. The summed E-state index contributed by atoms with van der Waals surface area (Å²) in [5.41, 5.74) is 0.491. The van der Waals surface area contributed by atoms with Crippen LogP contribution in [0.5, 0.6) is 0 Å². The van der Waals surface area contributed by atoms with Gasteiger partial charge in [0.2, 0.25) is 5.82 Å². The summed E-state index contributed by atoms with van der Waals surface area (Å²) in [6, 6.07) is -0.209. The first-order valence-corrected chi connectivity index (χ1v) is 5.86. The van der Waals surface area contributed by atoms with E-state index < -0.39 is 4.92 Å². The molecule has 0 aliphatic carbocycles. The molecule has 7 heteroatoms. The van der Waals surface area contributed by atoms with E-state index in [1.165, 1.54) is 4.68 Å². The van der Waals surface area contributed by atoms with Gasteiger partial charge in [0.15, 0.2) is 0 Å². The summed E-state index contributed by atoms with van der Waals surface area (Å²) in [6.45, 7) is 5.46.